The van der Waals surface area contributed by atoms with Crippen molar-refractivity contribution in [3.63, 3.8) is 0 Å². The Morgan fingerprint density at radius 3 is 2.96 bits per heavy atom. The molecule has 0 bridgehead atoms. The molecule has 9 heteroatoms. The number of carbonyl (C=O) groups is 1. The molecule has 3 N–H and O–H groups in total. The summed E-state index contributed by atoms with van der Waals surface area (Å²) in [5.41, 5.74) is -0.325. The first-order valence-corrected chi connectivity index (χ1v) is 9.28. The summed E-state index contributed by atoms with van der Waals surface area (Å²) >= 11 is 2.04. The van der Waals surface area contributed by atoms with Crippen LogP contribution in [0.4, 0.5) is 5.82 Å². The second-order valence-electron chi connectivity index (χ2n) is 6.55. The normalized spacial score (nSPS) is 33.3. The van der Waals surface area contributed by atoms with Gasteiger partial charge in [-0.2, -0.15) is 0 Å². The molecule has 0 spiro atoms. The van der Waals surface area contributed by atoms with E-state index >= 15 is 0 Å². The number of halogens is 1. The number of aromatic nitrogens is 3. The van der Waals surface area contributed by atoms with Crippen molar-refractivity contribution >= 4 is 45.4 Å². The molecule has 2 saturated carbocycles. The van der Waals surface area contributed by atoms with Crippen LogP contribution >= 0.6 is 22.6 Å². The van der Waals surface area contributed by atoms with Crippen LogP contribution in [0.3, 0.4) is 0 Å². The summed E-state index contributed by atoms with van der Waals surface area (Å²) < 4.78 is 7.57. The zero-order chi connectivity index (χ0) is 17.9. The molecule has 0 aromatic carbocycles. The largest absolute Gasteiger partial charge is 0.465 e. The topological polar surface area (TPSA) is 110 Å². The number of aliphatic hydroxyl groups is 2. The fraction of sp³-hybridized carbons (Fsp3) is 0.562. The van der Waals surface area contributed by atoms with Crippen LogP contribution in [-0.4, -0.2) is 56.6 Å². The molecule has 25 heavy (non-hydrogen) atoms. The van der Waals surface area contributed by atoms with E-state index < -0.39 is 29.6 Å². The summed E-state index contributed by atoms with van der Waals surface area (Å²) in [5, 5.41) is 25.0. The van der Waals surface area contributed by atoms with Gasteiger partial charge < -0.3 is 24.8 Å². The smallest absolute Gasteiger partial charge is 0.315 e. The zero-order valence-electron chi connectivity index (χ0n) is 13.8. The van der Waals surface area contributed by atoms with Crippen LogP contribution in [0.5, 0.6) is 0 Å². The van der Waals surface area contributed by atoms with Crippen LogP contribution in [0.2, 0.25) is 0 Å². The van der Waals surface area contributed by atoms with Crippen molar-refractivity contribution in [3.8, 4) is 0 Å². The Labute approximate surface area is 157 Å². The summed E-state index contributed by atoms with van der Waals surface area (Å²) in [6.07, 6.45) is 0.152. The third-order valence-corrected chi connectivity index (χ3v) is 5.91. The number of nitrogens with zero attached hydrogens (tertiary/aromatic N) is 3. The van der Waals surface area contributed by atoms with E-state index in [1.54, 1.807) is 14.0 Å². The summed E-state index contributed by atoms with van der Waals surface area (Å²) in [7, 11) is 1.79. The molecule has 134 valence electrons. The summed E-state index contributed by atoms with van der Waals surface area (Å²) in [6.45, 7) is 1.99. The third kappa shape index (κ3) is 2.21. The molecule has 2 aromatic rings. The highest BCUT2D eigenvalue weighted by atomic mass is 127. The Morgan fingerprint density at radius 1 is 1.52 bits per heavy atom. The second kappa shape index (κ2) is 5.78. The number of aliphatic hydroxyl groups excluding tert-OH is 2. The minimum absolute atomic E-state index is 0.169. The predicted molar refractivity (Wildman–Crippen MR) is 98.0 cm³/mol. The Balaban J connectivity index is 1.78. The number of anilines is 1. The van der Waals surface area contributed by atoms with Crippen molar-refractivity contribution < 1.29 is 19.7 Å². The molecule has 4 rings (SSSR count). The van der Waals surface area contributed by atoms with Crippen molar-refractivity contribution in [1.82, 2.24) is 14.5 Å². The van der Waals surface area contributed by atoms with Gasteiger partial charge >= 0.3 is 5.97 Å². The lowest BCUT2D eigenvalue weighted by molar-refractivity contribution is -0.156. The molecule has 2 heterocycles. The van der Waals surface area contributed by atoms with E-state index in [9.17, 15) is 15.0 Å². The second-order valence-corrected chi connectivity index (χ2v) is 7.51. The van der Waals surface area contributed by atoms with E-state index in [2.05, 4.69) is 15.3 Å². The molecule has 0 radical (unpaired) electrons. The van der Waals surface area contributed by atoms with Crippen LogP contribution in [0.15, 0.2) is 12.3 Å². The van der Waals surface area contributed by atoms with Gasteiger partial charge in [-0.1, -0.05) is 0 Å². The Morgan fingerprint density at radius 2 is 2.28 bits per heavy atom. The van der Waals surface area contributed by atoms with Gasteiger partial charge in [0, 0.05) is 41.8 Å². The number of nitrogens with one attached hydrogen (secondary N) is 1. The third-order valence-electron chi connectivity index (χ3n) is 5.43. The van der Waals surface area contributed by atoms with Gasteiger partial charge in [0.2, 0.25) is 0 Å². The first-order valence-electron chi connectivity index (χ1n) is 8.21. The molecule has 2 aliphatic carbocycles. The number of hydrogen-bond donors (Lipinski definition) is 3. The maximum absolute atomic E-state index is 12.4. The number of carbonyl (C=O) groups excluding carboxylic acids is 1. The van der Waals surface area contributed by atoms with E-state index in [0.717, 1.165) is 5.39 Å². The number of fused-ring (bicyclic) bond motifs is 2. The molecule has 5 atom stereocenters. The van der Waals surface area contributed by atoms with E-state index in [-0.39, 0.29) is 12.5 Å². The van der Waals surface area contributed by atoms with Crippen LogP contribution in [0.1, 0.15) is 19.4 Å². The highest BCUT2D eigenvalue weighted by molar-refractivity contribution is 14.1. The number of ether oxygens (including phenoxy) is 1. The van der Waals surface area contributed by atoms with Gasteiger partial charge in [-0.25, -0.2) is 9.97 Å². The molecule has 0 amide bonds. The monoisotopic (exact) mass is 458 g/mol. The van der Waals surface area contributed by atoms with Crippen molar-refractivity contribution in [2.24, 2.45) is 11.3 Å². The number of esters is 1. The van der Waals surface area contributed by atoms with E-state index in [0.29, 0.717) is 21.7 Å². The van der Waals surface area contributed by atoms with E-state index in [1.807, 2.05) is 39.4 Å². The van der Waals surface area contributed by atoms with Crippen molar-refractivity contribution in [2.75, 3.05) is 19.0 Å². The Hall–Kier alpha value is -1.46. The molecular formula is C16H19IN4O4. The molecule has 8 nitrogen and oxygen atoms in total. The van der Waals surface area contributed by atoms with Crippen molar-refractivity contribution in [1.29, 1.82) is 0 Å². The average molecular weight is 458 g/mol. The quantitative estimate of drug-likeness (QED) is 0.355. The van der Waals surface area contributed by atoms with E-state index in [4.69, 9.17) is 4.74 Å². The first-order chi connectivity index (χ1) is 12.0. The lowest BCUT2D eigenvalue weighted by Gasteiger charge is -2.24. The molecular weight excluding hydrogens is 439 g/mol. The Kier molecular flexibility index (Phi) is 3.92. The van der Waals surface area contributed by atoms with Crippen LogP contribution in [-0.2, 0) is 9.53 Å². The van der Waals surface area contributed by atoms with Gasteiger partial charge in [0.25, 0.3) is 0 Å². The maximum Gasteiger partial charge on any atom is 0.315 e. The van der Waals surface area contributed by atoms with Gasteiger partial charge in [-0.15, -0.1) is 0 Å². The predicted octanol–water partition coefficient (Wildman–Crippen LogP) is 0.923. The lowest BCUT2D eigenvalue weighted by atomic mass is 9.99. The minimum Gasteiger partial charge on any atom is -0.465 e. The van der Waals surface area contributed by atoms with Crippen molar-refractivity contribution in [2.45, 2.75) is 31.6 Å². The highest BCUT2D eigenvalue weighted by Crippen LogP contribution is 2.68. The van der Waals surface area contributed by atoms with Gasteiger partial charge in [-0.05, 0) is 19.4 Å². The average Bonchev–Trinajstić information content (AvgIpc) is 3.13. The minimum atomic E-state index is -1.14. The molecule has 0 unspecified atom stereocenters. The van der Waals surface area contributed by atoms with Crippen molar-refractivity contribution in [3.05, 3.63) is 16.1 Å². The standard InChI is InChI=1S/C16H19IN4O4/c1-3-25-14(24)16-6-8(16)9(10(22)11(16)23)21-5-4-7-12(18-2)19-15(17)20-13(7)21/h4-5,8-11,22-23H,3,6H2,1-2H3,(H,18,19,20)/t8-,9-,10+,11+,16-/m1/s1. The van der Waals surface area contributed by atoms with Gasteiger partial charge in [0.1, 0.15) is 23.0 Å². The SMILES string of the molecule is CCOC(=O)[C@]12C[C@@H]1[C@@H](n1ccc3c(NC)nc(I)nc31)[C@H](O)[C@@H]2O. The first kappa shape index (κ1) is 17.0. The fourth-order valence-corrected chi connectivity index (χ4v) is 4.69. The molecule has 2 aliphatic rings. The molecule has 0 saturated heterocycles. The van der Waals surface area contributed by atoms with Gasteiger partial charge in [-0.3, -0.25) is 4.79 Å². The highest BCUT2D eigenvalue weighted by Gasteiger charge is 2.76. The summed E-state index contributed by atoms with van der Waals surface area (Å²) in [6, 6.07) is 1.45. The lowest BCUT2D eigenvalue weighted by Crippen LogP contribution is -2.38. The van der Waals surface area contributed by atoms with Crippen LogP contribution in [0, 0.1) is 15.2 Å². The number of rotatable bonds is 4. The van der Waals surface area contributed by atoms with E-state index in [1.165, 1.54) is 0 Å². The fourth-order valence-electron chi connectivity index (χ4n) is 4.22. The Bertz CT molecular complexity index is 856. The molecule has 0 aliphatic heterocycles. The summed E-state index contributed by atoms with van der Waals surface area (Å²) in [4.78, 5) is 21.2. The molecule has 2 aromatic heterocycles. The van der Waals surface area contributed by atoms with Gasteiger partial charge in [0.05, 0.1) is 24.1 Å². The molecule has 2 fully saturated rings. The maximum atomic E-state index is 12.4. The van der Waals surface area contributed by atoms with Crippen LogP contribution in [0.25, 0.3) is 11.0 Å². The zero-order valence-corrected chi connectivity index (χ0v) is 16.0. The van der Waals surface area contributed by atoms with Gasteiger partial charge in [0.15, 0.2) is 3.83 Å². The van der Waals surface area contributed by atoms with Crippen LogP contribution < -0.4 is 5.32 Å². The number of hydrogen-bond acceptors (Lipinski definition) is 7. The summed E-state index contributed by atoms with van der Waals surface area (Å²) in [5.74, 6) is 0.108.